The van der Waals surface area contributed by atoms with Gasteiger partial charge >= 0.3 is 5.97 Å². The molecule has 8 heteroatoms. The van der Waals surface area contributed by atoms with Crippen LogP contribution in [0.1, 0.15) is 22.6 Å². The van der Waals surface area contributed by atoms with Crippen LogP contribution in [0.5, 0.6) is 23.0 Å². The first kappa shape index (κ1) is 24.9. The third-order valence-corrected chi connectivity index (χ3v) is 7.72. The van der Waals surface area contributed by atoms with Crippen LogP contribution in [0.4, 0.5) is 0 Å². The summed E-state index contributed by atoms with van der Waals surface area (Å²) in [5, 5.41) is 12.1. The maximum atomic E-state index is 13.4. The van der Waals surface area contributed by atoms with E-state index >= 15 is 0 Å². The van der Waals surface area contributed by atoms with Crippen LogP contribution in [0.2, 0.25) is 0 Å². The summed E-state index contributed by atoms with van der Waals surface area (Å²) in [5.41, 5.74) is -0.977. The van der Waals surface area contributed by atoms with E-state index in [9.17, 15) is 9.90 Å². The zero-order valence-corrected chi connectivity index (χ0v) is 21.4. The predicted octanol–water partition coefficient (Wildman–Crippen LogP) is 3.79. The third kappa shape index (κ3) is 3.25. The molecular formula is C29H30O8. The van der Waals surface area contributed by atoms with Crippen LogP contribution in [0.25, 0.3) is 0 Å². The fourth-order valence-corrected chi connectivity index (χ4v) is 6.25. The SMILES string of the molecule is COC(=O)[C@H]1[C@@H](O)[C@@]2(OC)c3c(OC)cc(OC)cc3O[C@@]2(c2ccc(OC)cc2)[C@@H]1c1ccccc1. The van der Waals surface area contributed by atoms with Crippen molar-refractivity contribution in [1.29, 1.82) is 0 Å². The van der Waals surface area contributed by atoms with Crippen molar-refractivity contribution in [3.63, 3.8) is 0 Å². The number of methoxy groups -OCH3 is 5. The molecule has 0 aromatic heterocycles. The summed E-state index contributed by atoms with van der Waals surface area (Å²) in [6.07, 6.45) is -1.36. The summed E-state index contributed by atoms with van der Waals surface area (Å²) >= 11 is 0. The molecule has 0 unspecified atom stereocenters. The molecule has 1 saturated carbocycles. The van der Waals surface area contributed by atoms with Crippen molar-refractivity contribution in [2.45, 2.75) is 23.2 Å². The Morgan fingerprint density at radius 2 is 1.54 bits per heavy atom. The first-order chi connectivity index (χ1) is 17.9. The Hall–Kier alpha value is -3.75. The Morgan fingerprint density at radius 3 is 2.11 bits per heavy atom. The van der Waals surface area contributed by atoms with Crippen LogP contribution >= 0.6 is 0 Å². The van der Waals surface area contributed by atoms with Gasteiger partial charge in [0, 0.05) is 25.2 Å². The lowest BCUT2D eigenvalue weighted by Crippen LogP contribution is -2.53. The molecule has 3 aromatic rings. The molecule has 0 amide bonds. The minimum atomic E-state index is -1.55. The van der Waals surface area contributed by atoms with Crippen LogP contribution in [0, 0.1) is 5.92 Å². The molecule has 1 aliphatic carbocycles. The Labute approximate surface area is 215 Å². The summed E-state index contributed by atoms with van der Waals surface area (Å²) in [5.74, 6) is -0.293. The van der Waals surface area contributed by atoms with E-state index in [1.165, 1.54) is 21.3 Å². The fraction of sp³-hybridized carbons (Fsp3) is 0.345. The molecule has 0 spiro atoms. The number of hydrogen-bond acceptors (Lipinski definition) is 8. The Kier molecular flexibility index (Phi) is 6.25. The first-order valence-electron chi connectivity index (χ1n) is 11.9. The molecule has 0 saturated heterocycles. The molecule has 1 fully saturated rings. The largest absolute Gasteiger partial charge is 0.497 e. The molecule has 194 valence electrons. The first-order valence-corrected chi connectivity index (χ1v) is 11.9. The molecule has 0 radical (unpaired) electrons. The summed E-state index contributed by atoms with van der Waals surface area (Å²) < 4.78 is 35.2. The van der Waals surface area contributed by atoms with Gasteiger partial charge in [-0.25, -0.2) is 0 Å². The molecule has 2 aliphatic rings. The molecule has 8 nitrogen and oxygen atoms in total. The second kappa shape index (κ2) is 9.28. The highest BCUT2D eigenvalue weighted by Gasteiger charge is 2.79. The highest BCUT2D eigenvalue weighted by molar-refractivity contribution is 5.78. The van der Waals surface area contributed by atoms with Gasteiger partial charge in [0.2, 0.25) is 0 Å². The van der Waals surface area contributed by atoms with Crippen LogP contribution < -0.4 is 18.9 Å². The number of fused-ring (bicyclic) bond motifs is 3. The van der Waals surface area contributed by atoms with Crippen LogP contribution in [0.3, 0.4) is 0 Å². The lowest BCUT2D eigenvalue weighted by molar-refractivity contribution is -0.176. The van der Waals surface area contributed by atoms with E-state index in [1.807, 2.05) is 54.6 Å². The van der Waals surface area contributed by atoms with Gasteiger partial charge in [-0.15, -0.1) is 0 Å². The van der Waals surface area contributed by atoms with E-state index in [0.717, 1.165) is 5.56 Å². The van der Waals surface area contributed by atoms with E-state index < -0.39 is 35.1 Å². The van der Waals surface area contributed by atoms with Crippen molar-refractivity contribution in [2.75, 3.05) is 35.5 Å². The summed E-state index contributed by atoms with van der Waals surface area (Å²) in [7, 11) is 7.48. The molecule has 37 heavy (non-hydrogen) atoms. The molecule has 1 N–H and O–H groups in total. The van der Waals surface area contributed by atoms with E-state index in [4.69, 9.17) is 28.4 Å². The van der Waals surface area contributed by atoms with Crippen LogP contribution in [-0.4, -0.2) is 52.7 Å². The van der Waals surface area contributed by atoms with Crippen molar-refractivity contribution >= 4 is 5.97 Å². The Morgan fingerprint density at radius 1 is 0.865 bits per heavy atom. The van der Waals surface area contributed by atoms with E-state index in [2.05, 4.69) is 0 Å². The average Bonchev–Trinajstić information content (AvgIpc) is 3.37. The number of benzene rings is 3. The highest BCUT2D eigenvalue weighted by atomic mass is 16.6. The van der Waals surface area contributed by atoms with Gasteiger partial charge in [0.05, 0.1) is 39.9 Å². The fourth-order valence-electron chi connectivity index (χ4n) is 6.25. The smallest absolute Gasteiger partial charge is 0.312 e. The number of carbonyl (C=O) groups is 1. The van der Waals surface area contributed by atoms with Gasteiger partial charge in [-0.3, -0.25) is 4.79 Å². The summed E-state index contributed by atoms with van der Waals surface area (Å²) in [6.45, 7) is 0. The second-order valence-electron chi connectivity index (χ2n) is 9.09. The van der Waals surface area contributed by atoms with Gasteiger partial charge in [-0.05, 0) is 23.3 Å². The maximum Gasteiger partial charge on any atom is 0.312 e. The monoisotopic (exact) mass is 506 g/mol. The van der Waals surface area contributed by atoms with Crippen LogP contribution in [0.15, 0.2) is 66.7 Å². The second-order valence-corrected chi connectivity index (χ2v) is 9.09. The number of hydrogen-bond donors (Lipinski definition) is 1. The summed E-state index contributed by atoms with van der Waals surface area (Å²) in [4.78, 5) is 13.4. The third-order valence-electron chi connectivity index (χ3n) is 7.72. The standard InChI is InChI=1S/C29H30O8/c1-32-19-13-11-18(12-14-19)28-24(17-9-7-6-8-10-17)23(27(31)35-4)26(30)29(28,36-5)25-21(34-3)15-20(33-2)16-22(25)37-28/h6-16,23-24,26,30H,1-5H3/t23-,24-,26-,28+,29+/m1/s1. The molecule has 0 bridgehead atoms. The lowest BCUT2D eigenvalue weighted by Gasteiger charge is -2.43. The number of esters is 1. The number of ether oxygens (including phenoxy) is 6. The minimum absolute atomic E-state index is 0.406. The topological polar surface area (TPSA) is 92.7 Å². The van der Waals surface area contributed by atoms with Gasteiger partial charge in [0.15, 0.2) is 11.2 Å². The number of carbonyl (C=O) groups excluding carboxylic acids is 1. The normalized spacial score (nSPS) is 27.6. The lowest BCUT2D eigenvalue weighted by atomic mass is 9.70. The van der Waals surface area contributed by atoms with Gasteiger partial charge in [-0.2, -0.15) is 0 Å². The molecule has 3 aromatic carbocycles. The molecule has 5 atom stereocenters. The molecular weight excluding hydrogens is 476 g/mol. The maximum absolute atomic E-state index is 13.4. The van der Waals surface area contributed by atoms with Gasteiger partial charge < -0.3 is 33.5 Å². The molecule has 1 heterocycles. The van der Waals surface area contributed by atoms with E-state index in [0.29, 0.717) is 34.1 Å². The predicted molar refractivity (Wildman–Crippen MR) is 134 cm³/mol. The highest BCUT2D eigenvalue weighted by Crippen LogP contribution is 2.71. The Bertz CT molecular complexity index is 1290. The zero-order chi connectivity index (χ0) is 26.4. The van der Waals surface area contributed by atoms with Crippen LogP contribution in [-0.2, 0) is 25.5 Å². The van der Waals surface area contributed by atoms with Gasteiger partial charge in [0.25, 0.3) is 0 Å². The van der Waals surface area contributed by atoms with Crippen molar-refractivity contribution in [3.05, 3.63) is 83.4 Å². The Balaban J connectivity index is 1.91. The minimum Gasteiger partial charge on any atom is -0.497 e. The quantitative estimate of drug-likeness (QED) is 0.484. The van der Waals surface area contributed by atoms with Gasteiger partial charge in [-0.1, -0.05) is 42.5 Å². The van der Waals surface area contributed by atoms with E-state index in [1.54, 1.807) is 26.4 Å². The number of aliphatic hydroxyl groups is 1. The number of rotatable bonds is 7. The molecule has 5 rings (SSSR count). The summed E-state index contributed by atoms with van der Waals surface area (Å²) in [6, 6.07) is 20.3. The van der Waals surface area contributed by atoms with Crippen molar-refractivity contribution in [2.24, 2.45) is 5.92 Å². The molecule has 1 aliphatic heterocycles. The van der Waals surface area contributed by atoms with Gasteiger partial charge in [0.1, 0.15) is 29.1 Å². The van der Waals surface area contributed by atoms with Crippen molar-refractivity contribution in [1.82, 2.24) is 0 Å². The zero-order valence-electron chi connectivity index (χ0n) is 21.4. The average molecular weight is 507 g/mol. The van der Waals surface area contributed by atoms with Crippen molar-refractivity contribution in [3.8, 4) is 23.0 Å². The van der Waals surface area contributed by atoms with E-state index in [-0.39, 0.29) is 0 Å². The number of aliphatic hydroxyl groups excluding tert-OH is 1. The van der Waals surface area contributed by atoms with Crippen molar-refractivity contribution < 1.29 is 38.3 Å².